The summed E-state index contributed by atoms with van der Waals surface area (Å²) in [5.74, 6) is 0.328. The van der Waals surface area contributed by atoms with Gasteiger partial charge in [-0.3, -0.25) is 4.79 Å². The normalized spacial score (nSPS) is 12.1. The Kier molecular flexibility index (Phi) is 5.40. The number of aromatic nitrogens is 2. The molecule has 29 heavy (non-hydrogen) atoms. The molecule has 146 valence electrons. The molecule has 1 aromatic heterocycles. The molecule has 0 aliphatic rings. The predicted molar refractivity (Wildman–Crippen MR) is 115 cm³/mol. The number of carbonyl (C=O) groups excluding carboxylic acids is 1. The number of nitrogens with zero attached hydrogens (tertiary/aromatic N) is 2. The number of hydrogen-bond acceptors (Lipinski definition) is 3. The second kappa shape index (κ2) is 8.29. The lowest BCUT2D eigenvalue weighted by Crippen LogP contribution is -2.21. The third-order valence-electron chi connectivity index (χ3n) is 4.89. The summed E-state index contributed by atoms with van der Waals surface area (Å²) in [7, 11) is 0. The summed E-state index contributed by atoms with van der Waals surface area (Å²) in [6.45, 7) is 1.74. The Morgan fingerprint density at radius 2 is 1.69 bits per heavy atom. The number of carbonyl (C=O) groups is 1. The standard InChI is InChI=1S/C24H23N3O2/c1-17(28)24-26-21-13-7-8-14-22(21)27(24)16-23(29)25-20-12-6-5-11-19(20)15-18-9-3-2-4-10-18/h2-14,17,28H,15-16H2,1H3,(H,25,29)/t17-/m1/s1. The molecule has 0 radical (unpaired) electrons. The van der Waals surface area contributed by atoms with Crippen LogP contribution in [0.5, 0.6) is 0 Å². The van der Waals surface area contributed by atoms with Gasteiger partial charge in [-0.2, -0.15) is 0 Å². The van der Waals surface area contributed by atoms with Crippen LogP contribution < -0.4 is 5.32 Å². The van der Waals surface area contributed by atoms with E-state index in [0.717, 1.165) is 28.7 Å². The van der Waals surface area contributed by atoms with Crippen molar-refractivity contribution < 1.29 is 9.90 Å². The van der Waals surface area contributed by atoms with Gasteiger partial charge in [-0.25, -0.2) is 4.98 Å². The smallest absolute Gasteiger partial charge is 0.244 e. The van der Waals surface area contributed by atoms with Gasteiger partial charge in [-0.05, 0) is 42.7 Å². The fourth-order valence-corrected chi connectivity index (χ4v) is 3.52. The second-order valence-electron chi connectivity index (χ2n) is 7.09. The van der Waals surface area contributed by atoms with E-state index in [1.807, 2.05) is 66.7 Å². The molecular weight excluding hydrogens is 362 g/mol. The topological polar surface area (TPSA) is 67.2 Å². The lowest BCUT2D eigenvalue weighted by Gasteiger charge is -2.14. The highest BCUT2D eigenvalue weighted by molar-refractivity contribution is 5.92. The number of hydrogen-bond donors (Lipinski definition) is 2. The zero-order valence-electron chi connectivity index (χ0n) is 16.2. The Balaban J connectivity index is 1.57. The molecule has 4 rings (SSSR count). The number of nitrogens with one attached hydrogen (secondary N) is 1. The minimum atomic E-state index is -0.763. The van der Waals surface area contributed by atoms with Crippen LogP contribution >= 0.6 is 0 Å². The highest BCUT2D eigenvalue weighted by atomic mass is 16.3. The number of rotatable bonds is 6. The fourth-order valence-electron chi connectivity index (χ4n) is 3.52. The van der Waals surface area contributed by atoms with E-state index in [4.69, 9.17) is 0 Å². The molecule has 0 saturated heterocycles. The van der Waals surface area contributed by atoms with Gasteiger partial charge >= 0.3 is 0 Å². The molecule has 3 aromatic carbocycles. The molecule has 0 fully saturated rings. The Labute approximate surface area is 169 Å². The first-order valence-electron chi connectivity index (χ1n) is 9.67. The quantitative estimate of drug-likeness (QED) is 0.519. The average molecular weight is 385 g/mol. The molecule has 1 atom stereocenters. The first-order chi connectivity index (χ1) is 14.1. The van der Waals surface area contributed by atoms with Crippen molar-refractivity contribution in [1.29, 1.82) is 0 Å². The van der Waals surface area contributed by atoms with Gasteiger partial charge in [0.1, 0.15) is 18.5 Å². The highest BCUT2D eigenvalue weighted by Gasteiger charge is 2.17. The molecule has 2 N–H and O–H groups in total. The molecule has 4 aromatic rings. The highest BCUT2D eigenvalue weighted by Crippen LogP contribution is 2.22. The number of benzene rings is 3. The van der Waals surface area contributed by atoms with Crippen molar-refractivity contribution in [2.75, 3.05) is 5.32 Å². The van der Waals surface area contributed by atoms with Crippen LogP contribution in [0.3, 0.4) is 0 Å². The van der Waals surface area contributed by atoms with Gasteiger partial charge < -0.3 is 15.0 Å². The van der Waals surface area contributed by atoms with E-state index in [1.165, 1.54) is 5.56 Å². The van der Waals surface area contributed by atoms with Gasteiger partial charge in [-0.15, -0.1) is 0 Å². The molecule has 1 amide bonds. The third-order valence-corrected chi connectivity index (χ3v) is 4.89. The maximum atomic E-state index is 12.9. The number of anilines is 1. The minimum Gasteiger partial charge on any atom is -0.385 e. The van der Waals surface area contributed by atoms with Gasteiger partial charge in [0.05, 0.1) is 11.0 Å². The fraction of sp³-hybridized carbons (Fsp3) is 0.167. The van der Waals surface area contributed by atoms with Crippen molar-refractivity contribution in [3.63, 3.8) is 0 Å². The van der Waals surface area contributed by atoms with Crippen LogP contribution in [0.25, 0.3) is 11.0 Å². The first kappa shape index (κ1) is 18.9. The zero-order chi connectivity index (χ0) is 20.2. The molecule has 0 unspecified atom stereocenters. The van der Waals surface area contributed by atoms with E-state index in [0.29, 0.717) is 5.82 Å². The number of imidazole rings is 1. The van der Waals surface area contributed by atoms with Crippen LogP contribution in [0.2, 0.25) is 0 Å². The lowest BCUT2D eigenvalue weighted by atomic mass is 10.0. The summed E-state index contributed by atoms with van der Waals surface area (Å²) in [5, 5.41) is 13.1. The third kappa shape index (κ3) is 4.20. The minimum absolute atomic E-state index is 0.0837. The van der Waals surface area contributed by atoms with Crippen LogP contribution in [-0.2, 0) is 17.8 Å². The maximum Gasteiger partial charge on any atom is 0.244 e. The second-order valence-corrected chi connectivity index (χ2v) is 7.09. The van der Waals surface area contributed by atoms with Crippen LogP contribution in [0.4, 0.5) is 5.69 Å². The van der Waals surface area contributed by atoms with E-state index in [9.17, 15) is 9.90 Å². The monoisotopic (exact) mass is 385 g/mol. The van der Waals surface area contributed by atoms with Crippen molar-refractivity contribution >= 4 is 22.6 Å². The van der Waals surface area contributed by atoms with Gasteiger partial charge in [0.15, 0.2) is 0 Å². The summed E-state index contributed by atoms with van der Waals surface area (Å²) < 4.78 is 1.77. The van der Waals surface area contributed by atoms with Crippen molar-refractivity contribution in [3.05, 3.63) is 95.8 Å². The Morgan fingerprint density at radius 3 is 2.48 bits per heavy atom. The zero-order valence-corrected chi connectivity index (χ0v) is 16.2. The van der Waals surface area contributed by atoms with Crippen molar-refractivity contribution in [2.24, 2.45) is 0 Å². The van der Waals surface area contributed by atoms with Crippen LogP contribution in [-0.4, -0.2) is 20.6 Å². The van der Waals surface area contributed by atoms with E-state index in [1.54, 1.807) is 11.5 Å². The van der Waals surface area contributed by atoms with E-state index < -0.39 is 6.10 Å². The molecular formula is C24H23N3O2. The van der Waals surface area contributed by atoms with E-state index >= 15 is 0 Å². The SMILES string of the molecule is C[C@@H](O)c1nc2ccccc2n1CC(=O)Nc1ccccc1Cc1ccccc1. The van der Waals surface area contributed by atoms with Crippen LogP contribution in [0.15, 0.2) is 78.9 Å². The predicted octanol–water partition coefficient (Wildman–Crippen LogP) is 4.32. The molecule has 0 saturated carbocycles. The molecule has 5 heteroatoms. The molecule has 5 nitrogen and oxygen atoms in total. The van der Waals surface area contributed by atoms with Gasteiger partial charge in [0, 0.05) is 5.69 Å². The van der Waals surface area contributed by atoms with Crippen molar-refractivity contribution in [3.8, 4) is 0 Å². The summed E-state index contributed by atoms with van der Waals surface area (Å²) in [6, 6.07) is 25.6. The van der Waals surface area contributed by atoms with Crippen LogP contribution in [0, 0.1) is 0 Å². The first-order valence-corrected chi connectivity index (χ1v) is 9.67. The van der Waals surface area contributed by atoms with Gasteiger partial charge in [0.25, 0.3) is 0 Å². The summed E-state index contributed by atoms with van der Waals surface area (Å²) in [5.41, 5.74) is 4.63. The average Bonchev–Trinajstić information content (AvgIpc) is 3.09. The number of aliphatic hydroxyl groups is 1. The number of para-hydroxylation sites is 3. The number of amides is 1. The summed E-state index contributed by atoms with van der Waals surface area (Å²) in [6.07, 6.45) is -0.0231. The van der Waals surface area contributed by atoms with Crippen molar-refractivity contribution in [1.82, 2.24) is 9.55 Å². The molecule has 0 aliphatic heterocycles. The van der Waals surface area contributed by atoms with E-state index in [2.05, 4.69) is 22.4 Å². The number of aliphatic hydroxyl groups excluding tert-OH is 1. The Bertz CT molecular complexity index is 1130. The number of fused-ring (bicyclic) bond motifs is 1. The Hall–Kier alpha value is -3.44. The van der Waals surface area contributed by atoms with Crippen LogP contribution in [0.1, 0.15) is 30.0 Å². The summed E-state index contributed by atoms with van der Waals surface area (Å²) >= 11 is 0. The molecule has 0 spiro atoms. The molecule has 0 bridgehead atoms. The molecule has 0 aliphatic carbocycles. The largest absolute Gasteiger partial charge is 0.385 e. The van der Waals surface area contributed by atoms with E-state index in [-0.39, 0.29) is 12.5 Å². The van der Waals surface area contributed by atoms with Gasteiger partial charge in [0.2, 0.25) is 5.91 Å². The lowest BCUT2D eigenvalue weighted by molar-refractivity contribution is -0.116. The Morgan fingerprint density at radius 1 is 1.00 bits per heavy atom. The maximum absolute atomic E-state index is 12.9. The molecule has 1 heterocycles. The summed E-state index contributed by atoms with van der Waals surface area (Å²) in [4.78, 5) is 17.3. The van der Waals surface area contributed by atoms with Gasteiger partial charge in [-0.1, -0.05) is 60.7 Å². The van der Waals surface area contributed by atoms with Crippen molar-refractivity contribution in [2.45, 2.75) is 26.0 Å².